The Morgan fingerprint density at radius 1 is 0.854 bits per heavy atom. The van der Waals surface area contributed by atoms with Crippen LogP contribution in [0.4, 0.5) is 0 Å². The standard InChI is InChI=1S/C33H38N6O2/c1-4-24-18-28(33-31(6-3)39(37-35-33)14-13-29-22-40-15-16-41-29)19-25(5-2)32(24)30-21-38(36-34-30)20-23-11-12-26-9-7-8-10-27(26)17-23/h7-12,17-19,21,29H,4-6,13-16,20,22H2,1-3H3. The third kappa shape index (κ3) is 5.80. The molecule has 3 aromatic carbocycles. The number of hydrogen-bond donors (Lipinski definition) is 0. The monoisotopic (exact) mass is 550 g/mol. The topological polar surface area (TPSA) is 79.9 Å². The van der Waals surface area contributed by atoms with E-state index in [-0.39, 0.29) is 6.10 Å². The Bertz CT molecular complexity index is 1610. The molecule has 41 heavy (non-hydrogen) atoms. The van der Waals surface area contributed by atoms with Crippen LogP contribution < -0.4 is 0 Å². The van der Waals surface area contributed by atoms with E-state index in [0.29, 0.717) is 26.4 Å². The van der Waals surface area contributed by atoms with Crippen molar-refractivity contribution in [1.82, 2.24) is 30.0 Å². The predicted octanol–water partition coefficient (Wildman–Crippen LogP) is 5.90. The quantitative estimate of drug-likeness (QED) is 0.216. The Hall–Kier alpha value is -3.88. The number of rotatable bonds is 10. The average Bonchev–Trinajstić information content (AvgIpc) is 3.66. The first-order chi connectivity index (χ1) is 20.2. The van der Waals surface area contributed by atoms with E-state index in [0.717, 1.165) is 54.9 Å². The van der Waals surface area contributed by atoms with Gasteiger partial charge in [-0.1, -0.05) is 67.6 Å². The van der Waals surface area contributed by atoms with Gasteiger partial charge in [0.1, 0.15) is 11.4 Å². The van der Waals surface area contributed by atoms with Crippen LogP contribution in [0.15, 0.2) is 60.8 Å². The summed E-state index contributed by atoms with van der Waals surface area (Å²) in [7, 11) is 0. The van der Waals surface area contributed by atoms with Gasteiger partial charge in [-0.15, -0.1) is 10.2 Å². The highest BCUT2D eigenvalue weighted by Crippen LogP contribution is 2.33. The van der Waals surface area contributed by atoms with Crippen molar-refractivity contribution in [2.24, 2.45) is 0 Å². The molecule has 0 radical (unpaired) electrons. The summed E-state index contributed by atoms with van der Waals surface area (Å²) in [4.78, 5) is 0. The molecule has 8 nitrogen and oxygen atoms in total. The van der Waals surface area contributed by atoms with Crippen LogP contribution in [0.2, 0.25) is 0 Å². The summed E-state index contributed by atoms with van der Waals surface area (Å²) >= 11 is 0. The van der Waals surface area contributed by atoms with Gasteiger partial charge in [-0.25, -0.2) is 9.36 Å². The molecule has 8 heteroatoms. The minimum atomic E-state index is 0.119. The minimum Gasteiger partial charge on any atom is -0.376 e. The van der Waals surface area contributed by atoms with E-state index >= 15 is 0 Å². The van der Waals surface area contributed by atoms with Gasteiger partial charge in [-0.3, -0.25) is 0 Å². The van der Waals surface area contributed by atoms with E-state index in [1.165, 1.54) is 33.0 Å². The third-order valence-corrected chi connectivity index (χ3v) is 8.01. The first kappa shape index (κ1) is 27.3. The maximum absolute atomic E-state index is 5.83. The fourth-order valence-electron chi connectivity index (χ4n) is 5.86. The maximum atomic E-state index is 5.83. The fourth-order valence-corrected chi connectivity index (χ4v) is 5.86. The summed E-state index contributed by atoms with van der Waals surface area (Å²) in [6.07, 6.45) is 5.70. The van der Waals surface area contributed by atoms with Gasteiger partial charge in [-0.05, 0) is 71.3 Å². The first-order valence-electron chi connectivity index (χ1n) is 14.8. The number of ether oxygens (including phenoxy) is 2. The highest BCUT2D eigenvalue weighted by atomic mass is 16.6. The molecule has 3 heterocycles. The van der Waals surface area contributed by atoms with E-state index in [9.17, 15) is 0 Å². The summed E-state index contributed by atoms with van der Waals surface area (Å²) in [6.45, 7) is 10.0. The minimum absolute atomic E-state index is 0.119. The largest absolute Gasteiger partial charge is 0.376 e. The molecule has 0 amide bonds. The van der Waals surface area contributed by atoms with Crippen molar-refractivity contribution < 1.29 is 9.47 Å². The number of aromatic nitrogens is 6. The lowest BCUT2D eigenvalue weighted by Crippen LogP contribution is -2.29. The molecule has 5 aromatic rings. The molecule has 0 bridgehead atoms. The van der Waals surface area contributed by atoms with Gasteiger partial charge in [-0.2, -0.15) is 0 Å². The predicted molar refractivity (Wildman–Crippen MR) is 161 cm³/mol. The number of hydrogen-bond acceptors (Lipinski definition) is 6. The van der Waals surface area contributed by atoms with Crippen molar-refractivity contribution >= 4 is 10.8 Å². The maximum Gasteiger partial charge on any atom is 0.116 e. The molecule has 1 saturated heterocycles. The second-order valence-corrected chi connectivity index (χ2v) is 10.7. The van der Waals surface area contributed by atoms with E-state index in [1.54, 1.807) is 0 Å². The molecule has 0 N–H and O–H groups in total. The van der Waals surface area contributed by atoms with E-state index < -0.39 is 0 Å². The van der Waals surface area contributed by atoms with Crippen LogP contribution in [0.3, 0.4) is 0 Å². The van der Waals surface area contributed by atoms with Gasteiger partial charge in [0.05, 0.1) is 44.4 Å². The van der Waals surface area contributed by atoms with Crippen LogP contribution in [0.5, 0.6) is 0 Å². The van der Waals surface area contributed by atoms with Crippen molar-refractivity contribution in [2.45, 2.75) is 65.6 Å². The van der Waals surface area contributed by atoms with Crippen LogP contribution in [0.1, 0.15) is 49.6 Å². The van der Waals surface area contributed by atoms with Crippen LogP contribution in [0.25, 0.3) is 33.3 Å². The van der Waals surface area contributed by atoms with E-state index in [2.05, 4.69) is 102 Å². The Balaban J connectivity index is 1.27. The van der Waals surface area contributed by atoms with Crippen molar-refractivity contribution in [2.75, 3.05) is 19.8 Å². The van der Waals surface area contributed by atoms with Crippen LogP contribution >= 0.6 is 0 Å². The van der Waals surface area contributed by atoms with Gasteiger partial charge in [0.2, 0.25) is 0 Å². The van der Waals surface area contributed by atoms with E-state index in [1.807, 2.05) is 9.36 Å². The van der Waals surface area contributed by atoms with Crippen LogP contribution in [0, 0.1) is 0 Å². The Morgan fingerprint density at radius 2 is 1.66 bits per heavy atom. The van der Waals surface area contributed by atoms with Crippen molar-refractivity contribution in [1.29, 1.82) is 0 Å². The zero-order chi connectivity index (χ0) is 28.2. The number of fused-ring (bicyclic) bond motifs is 1. The number of aryl methyl sites for hydroxylation is 3. The molecule has 0 saturated carbocycles. The molecule has 6 rings (SSSR count). The molecule has 1 unspecified atom stereocenters. The molecule has 1 fully saturated rings. The third-order valence-electron chi connectivity index (χ3n) is 8.01. The van der Waals surface area contributed by atoms with Gasteiger partial charge >= 0.3 is 0 Å². The molecule has 0 aliphatic carbocycles. The Morgan fingerprint density at radius 3 is 2.39 bits per heavy atom. The van der Waals surface area contributed by atoms with Crippen LogP contribution in [-0.2, 0) is 41.8 Å². The summed E-state index contributed by atoms with van der Waals surface area (Å²) in [5.41, 5.74) is 9.04. The van der Waals surface area contributed by atoms with Crippen molar-refractivity contribution in [3.8, 4) is 22.5 Å². The zero-order valence-corrected chi connectivity index (χ0v) is 24.2. The summed E-state index contributed by atoms with van der Waals surface area (Å²) in [6, 6.07) is 19.5. The van der Waals surface area contributed by atoms with Gasteiger partial charge in [0.25, 0.3) is 0 Å². The second kappa shape index (κ2) is 12.3. The lowest BCUT2D eigenvalue weighted by atomic mass is 9.91. The normalized spacial score (nSPS) is 15.5. The molecule has 2 aromatic heterocycles. The Kier molecular flexibility index (Phi) is 8.21. The lowest BCUT2D eigenvalue weighted by molar-refractivity contribution is -0.0920. The van der Waals surface area contributed by atoms with Gasteiger partial charge in [0.15, 0.2) is 0 Å². The molecular weight excluding hydrogens is 512 g/mol. The lowest BCUT2D eigenvalue weighted by Gasteiger charge is -2.22. The molecule has 212 valence electrons. The number of benzene rings is 3. The smallest absolute Gasteiger partial charge is 0.116 e. The second-order valence-electron chi connectivity index (χ2n) is 10.7. The molecule has 1 atom stereocenters. The molecule has 1 aliphatic heterocycles. The highest BCUT2D eigenvalue weighted by Gasteiger charge is 2.21. The first-order valence-corrected chi connectivity index (χ1v) is 14.8. The summed E-state index contributed by atoms with van der Waals surface area (Å²) in [5, 5.41) is 20.8. The highest BCUT2D eigenvalue weighted by molar-refractivity contribution is 5.83. The van der Waals surface area contributed by atoms with Gasteiger partial charge in [0, 0.05) is 17.7 Å². The molecular formula is C33H38N6O2. The molecule has 0 spiro atoms. The fraction of sp³-hybridized carbons (Fsp3) is 0.394. The molecule has 1 aliphatic rings. The average molecular weight is 551 g/mol. The van der Waals surface area contributed by atoms with Crippen molar-refractivity contribution in [3.63, 3.8) is 0 Å². The van der Waals surface area contributed by atoms with Crippen LogP contribution in [-0.4, -0.2) is 55.9 Å². The summed E-state index contributed by atoms with van der Waals surface area (Å²) in [5.74, 6) is 0. The summed E-state index contributed by atoms with van der Waals surface area (Å²) < 4.78 is 15.4. The number of nitrogens with zero attached hydrogens (tertiary/aromatic N) is 6. The van der Waals surface area contributed by atoms with Gasteiger partial charge < -0.3 is 9.47 Å². The SMILES string of the molecule is CCc1cc(-c2nnn(CCC3COCCO3)c2CC)cc(CC)c1-c1cn(Cc2ccc3ccccc3c2)nn1. The zero-order valence-electron chi connectivity index (χ0n) is 24.2. The van der Waals surface area contributed by atoms with Crippen molar-refractivity contribution in [3.05, 3.63) is 83.2 Å². The van der Waals surface area contributed by atoms with E-state index in [4.69, 9.17) is 9.47 Å². The Labute approximate surface area is 241 Å².